The van der Waals surface area contributed by atoms with Gasteiger partial charge in [-0.2, -0.15) is 13.2 Å². The summed E-state index contributed by atoms with van der Waals surface area (Å²) in [7, 11) is 1.64. The molecule has 0 radical (unpaired) electrons. The summed E-state index contributed by atoms with van der Waals surface area (Å²) in [5, 5.41) is 2.76. The molecule has 3 aromatic rings. The van der Waals surface area contributed by atoms with Crippen LogP contribution in [0.15, 0.2) is 59.7 Å². The molecule has 0 unspecified atom stereocenters. The number of nitrogens with zero attached hydrogens (tertiary/aromatic N) is 3. The van der Waals surface area contributed by atoms with Gasteiger partial charge in [-0.3, -0.25) is 4.79 Å². The van der Waals surface area contributed by atoms with Crippen LogP contribution < -0.4 is 10.9 Å². The standard InChI is InChI=1S/C17H13F3N4O/c1-24-10-12(5-6-15(24)25)11-3-2-4-13(9-11)22-16-21-8-7-14(23-16)17(18,19)20/h2-10H,1H3,(H,21,22,23). The van der Waals surface area contributed by atoms with Crippen LogP contribution in [0.5, 0.6) is 0 Å². The smallest absolute Gasteiger partial charge is 0.324 e. The second-order valence-electron chi connectivity index (χ2n) is 5.34. The number of aryl methyl sites for hydroxylation is 1. The van der Waals surface area contributed by atoms with Crippen LogP contribution in [0.4, 0.5) is 24.8 Å². The van der Waals surface area contributed by atoms with Crippen LogP contribution in [0.3, 0.4) is 0 Å². The Labute approximate surface area is 140 Å². The van der Waals surface area contributed by atoms with Gasteiger partial charge >= 0.3 is 6.18 Å². The Kier molecular flexibility index (Phi) is 4.26. The van der Waals surface area contributed by atoms with Crippen molar-refractivity contribution in [3.8, 4) is 11.1 Å². The molecule has 0 aliphatic rings. The number of pyridine rings is 1. The van der Waals surface area contributed by atoms with Gasteiger partial charge in [0.2, 0.25) is 11.5 Å². The molecule has 0 amide bonds. The first kappa shape index (κ1) is 16.7. The molecule has 0 spiro atoms. The van der Waals surface area contributed by atoms with Gasteiger partial charge in [-0.25, -0.2) is 9.97 Å². The summed E-state index contributed by atoms with van der Waals surface area (Å²) in [6, 6.07) is 11.0. The molecule has 0 aliphatic carbocycles. The first-order chi connectivity index (χ1) is 11.8. The predicted octanol–water partition coefficient (Wildman–Crippen LogP) is 3.60. The lowest BCUT2D eigenvalue weighted by Gasteiger charge is -2.10. The number of alkyl halides is 3. The Balaban J connectivity index is 1.90. The third-order valence-corrected chi connectivity index (χ3v) is 3.48. The monoisotopic (exact) mass is 346 g/mol. The molecule has 2 aromatic heterocycles. The molecule has 0 aliphatic heterocycles. The van der Waals surface area contributed by atoms with E-state index in [1.54, 1.807) is 37.5 Å². The van der Waals surface area contributed by atoms with Gasteiger partial charge in [0.05, 0.1) is 0 Å². The molecule has 0 saturated carbocycles. The van der Waals surface area contributed by atoms with Crippen LogP contribution in [-0.4, -0.2) is 14.5 Å². The quantitative estimate of drug-likeness (QED) is 0.787. The van der Waals surface area contributed by atoms with Gasteiger partial charge < -0.3 is 9.88 Å². The highest BCUT2D eigenvalue weighted by molar-refractivity contribution is 5.69. The van der Waals surface area contributed by atoms with E-state index in [1.165, 1.54) is 10.6 Å². The fraction of sp³-hybridized carbons (Fsp3) is 0.118. The molecule has 128 valence electrons. The number of nitrogens with one attached hydrogen (secondary N) is 1. The minimum absolute atomic E-state index is 0.129. The molecular formula is C17H13F3N4O. The van der Waals surface area contributed by atoms with Crippen molar-refractivity contribution < 1.29 is 13.2 Å². The molecule has 8 heteroatoms. The van der Waals surface area contributed by atoms with Crippen molar-refractivity contribution in [1.29, 1.82) is 0 Å². The molecule has 0 bridgehead atoms. The van der Waals surface area contributed by atoms with E-state index in [0.29, 0.717) is 5.69 Å². The maximum atomic E-state index is 12.7. The third-order valence-electron chi connectivity index (χ3n) is 3.48. The van der Waals surface area contributed by atoms with Gasteiger partial charge in [0.1, 0.15) is 5.69 Å². The van der Waals surface area contributed by atoms with Crippen molar-refractivity contribution in [3.63, 3.8) is 0 Å². The van der Waals surface area contributed by atoms with E-state index >= 15 is 0 Å². The first-order valence-corrected chi connectivity index (χ1v) is 7.27. The van der Waals surface area contributed by atoms with Gasteiger partial charge in [-0.1, -0.05) is 12.1 Å². The van der Waals surface area contributed by atoms with Gasteiger partial charge in [0.25, 0.3) is 0 Å². The predicted molar refractivity (Wildman–Crippen MR) is 87.4 cm³/mol. The number of benzene rings is 1. The fourth-order valence-electron chi connectivity index (χ4n) is 2.25. The largest absolute Gasteiger partial charge is 0.433 e. The van der Waals surface area contributed by atoms with Gasteiger partial charge in [0, 0.05) is 31.2 Å². The summed E-state index contributed by atoms with van der Waals surface area (Å²) in [6.45, 7) is 0. The van der Waals surface area contributed by atoms with Crippen molar-refractivity contribution in [2.24, 2.45) is 7.05 Å². The zero-order chi connectivity index (χ0) is 18.0. The molecule has 3 rings (SSSR count). The average Bonchev–Trinajstić information content (AvgIpc) is 2.57. The summed E-state index contributed by atoms with van der Waals surface area (Å²) < 4.78 is 39.6. The second-order valence-corrected chi connectivity index (χ2v) is 5.34. The van der Waals surface area contributed by atoms with Crippen molar-refractivity contribution >= 4 is 11.6 Å². The van der Waals surface area contributed by atoms with E-state index < -0.39 is 11.9 Å². The third kappa shape index (κ3) is 3.85. The van der Waals surface area contributed by atoms with E-state index in [1.807, 2.05) is 6.07 Å². The molecule has 0 atom stereocenters. The van der Waals surface area contributed by atoms with E-state index in [9.17, 15) is 18.0 Å². The van der Waals surface area contributed by atoms with Crippen molar-refractivity contribution in [2.75, 3.05) is 5.32 Å². The molecule has 25 heavy (non-hydrogen) atoms. The summed E-state index contributed by atoms with van der Waals surface area (Å²) >= 11 is 0. The topological polar surface area (TPSA) is 59.8 Å². The SMILES string of the molecule is Cn1cc(-c2cccc(Nc3nccc(C(F)(F)F)n3)c2)ccc1=O. The van der Waals surface area contributed by atoms with E-state index in [2.05, 4.69) is 15.3 Å². The van der Waals surface area contributed by atoms with Crippen LogP contribution >= 0.6 is 0 Å². The normalized spacial score (nSPS) is 11.4. The molecule has 5 nitrogen and oxygen atoms in total. The Morgan fingerprint density at radius 1 is 1.08 bits per heavy atom. The zero-order valence-electron chi connectivity index (χ0n) is 13.1. The van der Waals surface area contributed by atoms with Crippen LogP contribution in [-0.2, 0) is 13.2 Å². The van der Waals surface area contributed by atoms with Crippen LogP contribution in [0, 0.1) is 0 Å². The number of rotatable bonds is 3. The van der Waals surface area contributed by atoms with Gasteiger partial charge in [0.15, 0.2) is 0 Å². The molecule has 2 heterocycles. The zero-order valence-corrected chi connectivity index (χ0v) is 13.1. The van der Waals surface area contributed by atoms with E-state index in [4.69, 9.17) is 0 Å². The van der Waals surface area contributed by atoms with Crippen LogP contribution in [0.2, 0.25) is 0 Å². The average molecular weight is 346 g/mol. The second kappa shape index (κ2) is 6.39. The Morgan fingerprint density at radius 2 is 1.88 bits per heavy atom. The molecular weight excluding hydrogens is 333 g/mol. The van der Waals surface area contributed by atoms with Crippen LogP contribution in [0.25, 0.3) is 11.1 Å². The molecule has 0 saturated heterocycles. The summed E-state index contributed by atoms with van der Waals surface area (Å²) in [5.41, 5.74) is 0.989. The highest BCUT2D eigenvalue weighted by atomic mass is 19.4. The minimum atomic E-state index is -4.53. The summed E-state index contributed by atoms with van der Waals surface area (Å²) in [4.78, 5) is 18.7. The maximum absolute atomic E-state index is 12.7. The van der Waals surface area contributed by atoms with E-state index in [-0.39, 0.29) is 11.5 Å². The number of aromatic nitrogens is 3. The number of hydrogen-bond donors (Lipinski definition) is 1. The highest BCUT2D eigenvalue weighted by Crippen LogP contribution is 2.28. The van der Waals surface area contributed by atoms with Crippen molar-refractivity contribution in [1.82, 2.24) is 14.5 Å². The highest BCUT2D eigenvalue weighted by Gasteiger charge is 2.32. The lowest BCUT2D eigenvalue weighted by molar-refractivity contribution is -0.141. The lowest BCUT2D eigenvalue weighted by Crippen LogP contribution is -2.13. The van der Waals surface area contributed by atoms with Gasteiger partial charge in [-0.15, -0.1) is 0 Å². The Hall–Kier alpha value is -3.16. The first-order valence-electron chi connectivity index (χ1n) is 7.27. The number of halogens is 3. The summed E-state index contributed by atoms with van der Waals surface area (Å²) in [6.07, 6.45) is -1.80. The maximum Gasteiger partial charge on any atom is 0.433 e. The van der Waals surface area contributed by atoms with Crippen molar-refractivity contribution in [2.45, 2.75) is 6.18 Å². The van der Waals surface area contributed by atoms with E-state index in [0.717, 1.165) is 23.4 Å². The Morgan fingerprint density at radius 3 is 2.60 bits per heavy atom. The Bertz CT molecular complexity index is 966. The number of anilines is 2. The fourth-order valence-corrected chi connectivity index (χ4v) is 2.25. The van der Waals surface area contributed by atoms with Gasteiger partial charge in [-0.05, 0) is 35.4 Å². The van der Waals surface area contributed by atoms with Crippen LogP contribution in [0.1, 0.15) is 5.69 Å². The van der Waals surface area contributed by atoms with Crippen molar-refractivity contribution in [3.05, 3.63) is 70.9 Å². The molecule has 1 N–H and O–H groups in total. The molecule has 1 aromatic carbocycles. The molecule has 0 fully saturated rings. The number of hydrogen-bond acceptors (Lipinski definition) is 4. The lowest BCUT2D eigenvalue weighted by atomic mass is 10.1. The summed E-state index contributed by atoms with van der Waals surface area (Å²) in [5.74, 6) is -0.146. The minimum Gasteiger partial charge on any atom is -0.324 e.